The van der Waals surface area contributed by atoms with E-state index in [1.54, 1.807) is 0 Å². The fraction of sp³-hybridized carbons (Fsp3) is 0.947. The maximum absolute atomic E-state index is 13.2. The minimum Gasteiger partial charge on any atom is -0.350 e. The van der Waals surface area contributed by atoms with Gasteiger partial charge in [-0.2, -0.15) is 0 Å². The first kappa shape index (κ1) is 16.8. The Kier molecular flexibility index (Phi) is 5.40. The Morgan fingerprint density at radius 3 is 2.46 bits per heavy atom. The third-order valence-corrected chi connectivity index (χ3v) is 6.52. The third-order valence-electron chi connectivity index (χ3n) is 6.52. The Labute approximate surface area is 145 Å². The van der Waals surface area contributed by atoms with Crippen LogP contribution in [0.5, 0.6) is 0 Å². The largest absolute Gasteiger partial charge is 0.350 e. The lowest BCUT2D eigenvalue weighted by Crippen LogP contribution is -2.49. The molecule has 5 heteroatoms. The van der Waals surface area contributed by atoms with Gasteiger partial charge in [0.25, 0.3) is 0 Å². The van der Waals surface area contributed by atoms with E-state index in [4.69, 9.17) is 9.47 Å². The van der Waals surface area contributed by atoms with E-state index in [0.717, 1.165) is 44.8 Å². The first-order valence-electron chi connectivity index (χ1n) is 10.1. The smallest absolute Gasteiger partial charge is 0.240 e. The molecule has 3 saturated heterocycles. The van der Waals surface area contributed by atoms with E-state index in [0.29, 0.717) is 25.2 Å². The molecule has 0 N–H and O–H groups in total. The second-order valence-corrected chi connectivity index (χ2v) is 7.94. The Morgan fingerprint density at radius 1 is 0.917 bits per heavy atom. The third kappa shape index (κ3) is 3.49. The van der Waals surface area contributed by atoms with Crippen molar-refractivity contribution < 1.29 is 14.3 Å². The minimum atomic E-state index is -0.0561. The number of nitrogens with zero attached hydrogens (tertiary/aromatic N) is 2. The van der Waals surface area contributed by atoms with E-state index >= 15 is 0 Å². The van der Waals surface area contributed by atoms with Crippen molar-refractivity contribution in [1.82, 2.24) is 9.80 Å². The summed E-state index contributed by atoms with van der Waals surface area (Å²) in [6.45, 7) is 4.38. The molecule has 2 atom stereocenters. The molecule has 3 aliphatic heterocycles. The molecule has 5 nitrogen and oxygen atoms in total. The van der Waals surface area contributed by atoms with Crippen molar-refractivity contribution in [2.24, 2.45) is 5.92 Å². The van der Waals surface area contributed by atoms with Gasteiger partial charge in [0.1, 0.15) is 0 Å². The highest BCUT2D eigenvalue weighted by molar-refractivity contribution is 5.82. The average Bonchev–Trinajstić information content (AvgIpc) is 3.41. The van der Waals surface area contributed by atoms with E-state index in [9.17, 15) is 4.79 Å². The average molecular weight is 336 g/mol. The minimum absolute atomic E-state index is 0.0561. The summed E-state index contributed by atoms with van der Waals surface area (Å²) < 4.78 is 11.1. The first-order valence-corrected chi connectivity index (χ1v) is 10.1. The Hall–Kier alpha value is -0.650. The molecule has 0 unspecified atom stereocenters. The highest BCUT2D eigenvalue weighted by atomic mass is 16.7. The topological polar surface area (TPSA) is 42.0 Å². The van der Waals surface area contributed by atoms with Crippen LogP contribution in [0.15, 0.2) is 0 Å². The summed E-state index contributed by atoms with van der Waals surface area (Å²) in [5, 5.41) is 0. The summed E-state index contributed by atoms with van der Waals surface area (Å²) in [5.74, 6) is 1.18. The number of ether oxygens (including phenoxy) is 2. The van der Waals surface area contributed by atoms with Crippen molar-refractivity contribution in [2.45, 2.75) is 76.2 Å². The molecule has 3 heterocycles. The van der Waals surface area contributed by atoms with Crippen LogP contribution in [0.3, 0.4) is 0 Å². The Morgan fingerprint density at radius 2 is 1.67 bits per heavy atom. The predicted octanol–water partition coefficient (Wildman–Crippen LogP) is 2.40. The summed E-state index contributed by atoms with van der Waals surface area (Å²) in [6.07, 6.45) is 10.8. The van der Waals surface area contributed by atoms with Gasteiger partial charge in [-0.3, -0.25) is 9.69 Å². The molecule has 0 bridgehead atoms. The van der Waals surface area contributed by atoms with Crippen molar-refractivity contribution in [3.63, 3.8) is 0 Å². The molecule has 1 aliphatic carbocycles. The fourth-order valence-electron chi connectivity index (χ4n) is 5.31. The zero-order valence-corrected chi connectivity index (χ0v) is 14.8. The number of rotatable bonds is 5. The molecule has 1 amide bonds. The van der Waals surface area contributed by atoms with Crippen molar-refractivity contribution in [2.75, 3.05) is 32.8 Å². The van der Waals surface area contributed by atoms with Gasteiger partial charge in [-0.15, -0.1) is 0 Å². The van der Waals surface area contributed by atoms with Gasteiger partial charge in [0.05, 0.1) is 19.3 Å². The maximum Gasteiger partial charge on any atom is 0.240 e. The molecule has 0 aromatic carbocycles. The number of carbonyl (C=O) groups excluding carboxylic acids is 1. The summed E-state index contributed by atoms with van der Waals surface area (Å²) >= 11 is 0. The zero-order chi connectivity index (χ0) is 16.4. The summed E-state index contributed by atoms with van der Waals surface area (Å²) in [7, 11) is 0. The van der Waals surface area contributed by atoms with E-state index in [2.05, 4.69) is 9.80 Å². The lowest BCUT2D eigenvalue weighted by molar-refractivity contribution is -0.138. The van der Waals surface area contributed by atoms with Gasteiger partial charge < -0.3 is 14.4 Å². The number of likely N-dealkylation sites (tertiary alicyclic amines) is 2. The quantitative estimate of drug-likeness (QED) is 0.773. The van der Waals surface area contributed by atoms with E-state index < -0.39 is 0 Å². The second-order valence-electron chi connectivity index (χ2n) is 7.94. The molecule has 1 saturated carbocycles. The zero-order valence-electron chi connectivity index (χ0n) is 14.8. The van der Waals surface area contributed by atoms with Gasteiger partial charge in [0.2, 0.25) is 5.91 Å². The molecule has 0 aromatic heterocycles. The second kappa shape index (κ2) is 7.71. The van der Waals surface area contributed by atoms with Crippen LogP contribution in [-0.4, -0.2) is 66.9 Å². The number of hydrogen-bond donors (Lipinski definition) is 0. The van der Waals surface area contributed by atoms with Crippen LogP contribution in [0, 0.1) is 5.92 Å². The van der Waals surface area contributed by atoms with Gasteiger partial charge in [-0.05, 0) is 51.0 Å². The normalized spacial score (nSPS) is 33.1. The number of carbonyl (C=O) groups is 1. The molecule has 0 radical (unpaired) electrons. The maximum atomic E-state index is 13.2. The van der Waals surface area contributed by atoms with Crippen LogP contribution in [-0.2, 0) is 14.3 Å². The van der Waals surface area contributed by atoms with E-state index in [1.807, 2.05) is 0 Å². The van der Waals surface area contributed by atoms with Crippen LogP contribution >= 0.6 is 0 Å². The molecule has 0 aromatic rings. The monoisotopic (exact) mass is 336 g/mol. The van der Waals surface area contributed by atoms with E-state index in [1.165, 1.54) is 38.5 Å². The van der Waals surface area contributed by atoms with Crippen LogP contribution in [0.2, 0.25) is 0 Å². The Balaban J connectivity index is 1.35. The van der Waals surface area contributed by atoms with Gasteiger partial charge in [-0.1, -0.05) is 12.8 Å². The molecule has 4 fully saturated rings. The number of amides is 1. The first-order chi connectivity index (χ1) is 11.8. The van der Waals surface area contributed by atoms with Crippen molar-refractivity contribution >= 4 is 5.91 Å². The van der Waals surface area contributed by atoms with Crippen molar-refractivity contribution in [3.05, 3.63) is 0 Å². The van der Waals surface area contributed by atoms with Gasteiger partial charge in [-0.25, -0.2) is 0 Å². The van der Waals surface area contributed by atoms with Crippen LogP contribution < -0.4 is 0 Å². The van der Waals surface area contributed by atoms with Gasteiger partial charge in [0.15, 0.2) is 6.29 Å². The molecule has 4 aliphatic rings. The number of hydrogen-bond acceptors (Lipinski definition) is 4. The SMILES string of the molecule is O=C([C@@H]1CCCN1CCC1OCCO1)N1CCC[C@H]1C1CCCC1. The highest BCUT2D eigenvalue weighted by Crippen LogP contribution is 2.36. The summed E-state index contributed by atoms with van der Waals surface area (Å²) in [4.78, 5) is 17.9. The molecule has 4 rings (SSSR count). The predicted molar refractivity (Wildman–Crippen MR) is 91.6 cm³/mol. The van der Waals surface area contributed by atoms with Crippen molar-refractivity contribution in [1.29, 1.82) is 0 Å². The summed E-state index contributed by atoms with van der Waals surface area (Å²) in [6, 6.07) is 0.636. The van der Waals surface area contributed by atoms with Gasteiger partial charge >= 0.3 is 0 Å². The van der Waals surface area contributed by atoms with Gasteiger partial charge in [0, 0.05) is 25.6 Å². The molecule has 0 spiro atoms. The lowest BCUT2D eigenvalue weighted by atomic mass is 9.95. The molecular formula is C19H32N2O3. The molecular weight excluding hydrogens is 304 g/mol. The van der Waals surface area contributed by atoms with Crippen LogP contribution in [0.4, 0.5) is 0 Å². The van der Waals surface area contributed by atoms with Crippen LogP contribution in [0.25, 0.3) is 0 Å². The highest BCUT2D eigenvalue weighted by Gasteiger charge is 2.41. The lowest BCUT2D eigenvalue weighted by Gasteiger charge is -2.34. The summed E-state index contributed by atoms with van der Waals surface area (Å²) in [5.41, 5.74) is 0. The molecule has 24 heavy (non-hydrogen) atoms. The Bertz CT molecular complexity index is 432. The fourth-order valence-corrected chi connectivity index (χ4v) is 5.31. The van der Waals surface area contributed by atoms with Crippen molar-refractivity contribution in [3.8, 4) is 0 Å². The van der Waals surface area contributed by atoms with E-state index in [-0.39, 0.29) is 12.3 Å². The van der Waals surface area contributed by atoms with Crippen LogP contribution in [0.1, 0.15) is 57.8 Å². The standard InChI is InChI=1S/C19H32N2O3/c22-19(21-11-4-7-16(21)15-5-1-2-6-15)17-8-3-10-20(17)12-9-18-23-13-14-24-18/h15-18H,1-14H2/t16-,17-/m0/s1. The molecule has 136 valence electrons.